The Labute approximate surface area is 176 Å². The summed E-state index contributed by atoms with van der Waals surface area (Å²) in [7, 11) is 0. The van der Waals surface area contributed by atoms with E-state index in [1.54, 1.807) is 0 Å². The number of ether oxygens (including phenoxy) is 1. The minimum atomic E-state index is -1.03. The molecule has 0 aliphatic heterocycles. The summed E-state index contributed by atoms with van der Waals surface area (Å²) < 4.78 is 6.94. The molecule has 0 unspecified atom stereocenters. The summed E-state index contributed by atoms with van der Waals surface area (Å²) in [5.41, 5.74) is -0.600. The van der Waals surface area contributed by atoms with Crippen molar-refractivity contribution in [3.63, 3.8) is 0 Å². The van der Waals surface area contributed by atoms with Gasteiger partial charge in [0, 0.05) is 23.1 Å². The zero-order valence-corrected chi connectivity index (χ0v) is 18.2. The lowest BCUT2D eigenvalue weighted by molar-refractivity contribution is -0.123. The first-order valence-electron chi connectivity index (χ1n) is 10.6. The number of amides is 2. The van der Waals surface area contributed by atoms with Gasteiger partial charge in [0.1, 0.15) is 18.0 Å². The van der Waals surface area contributed by atoms with Crippen molar-refractivity contribution in [1.29, 1.82) is 0 Å². The molecule has 0 saturated heterocycles. The van der Waals surface area contributed by atoms with Gasteiger partial charge in [-0.2, -0.15) is 5.10 Å². The summed E-state index contributed by atoms with van der Waals surface area (Å²) in [5, 5.41) is 19.2. The van der Waals surface area contributed by atoms with Crippen LogP contribution in [0.15, 0.2) is 10.9 Å². The van der Waals surface area contributed by atoms with E-state index in [4.69, 9.17) is 9.84 Å². The van der Waals surface area contributed by atoms with E-state index in [-0.39, 0.29) is 23.9 Å². The zero-order valence-electron chi connectivity index (χ0n) is 18.2. The van der Waals surface area contributed by atoms with Crippen molar-refractivity contribution < 1.29 is 19.4 Å². The Hall–Kier alpha value is -2.58. The van der Waals surface area contributed by atoms with E-state index in [1.165, 1.54) is 10.7 Å². The topological polar surface area (TPSA) is 123 Å². The molecule has 1 aromatic rings. The van der Waals surface area contributed by atoms with Gasteiger partial charge < -0.3 is 20.5 Å². The Morgan fingerprint density at radius 3 is 2.30 bits per heavy atom. The summed E-state index contributed by atoms with van der Waals surface area (Å²) in [6.07, 6.45) is 2.41. The fourth-order valence-corrected chi connectivity index (χ4v) is 4.62. The van der Waals surface area contributed by atoms with E-state index in [0.29, 0.717) is 43.2 Å². The molecule has 9 nitrogen and oxygen atoms in total. The molecule has 2 amide bonds. The minimum absolute atomic E-state index is 0.0352. The quantitative estimate of drug-likeness (QED) is 0.593. The number of carbonyl (C=O) groups is 2. The summed E-state index contributed by atoms with van der Waals surface area (Å²) in [6, 6.07) is 1.41. The standard InChI is InChI=1S/C21H32N4O5/c1-13(2)11-30-15-9-17(27)25(24-18(15)14(3)4)10-16(26)22-20-5-7-21(12-20,8-6-20)23-19(28)29/h9,13-14,23H,5-8,10-12H2,1-4H3,(H,22,26)(H,28,29). The van der Waals surface area contributed by atoms with Gasteiger partial charge in [-0.25, -0.2) is 9.48 Å². The molecular weight excluding hydrogens is 388 g/mol. The van der Waals surface area contributed by atoms with E-state index in [2.05, 4.69) is 15.7 Å². The third-order valence-corrected chi connectivity index (χ3v) is 6.02. The van der Waals surface area contributed by atoms with Crippen molar-refractivity contribution in [2.24, 2.45) is 5.92 Å². The maximum absolute atomic E-state index is 12.7. The van der Waals surface area contributed by atoms with E-state index in [1.807, 2.05) is 27.7 Å². The molecule has 2 saturated carbocycles. The van der Waals surface area contributed by atoms with Gasteiger partial charge in [-0.15, -0.1) is 0 Å². The third-order valence-electron chi connectivity index (χ3n) is 6.02. The van der Waals surface area contributed by atoms with E-state index >= 15 is 0 Å². The zero-order chi connectivity index (χ0) is 22.1. The van der Waals surface area contributed by atoms with Gasteiger partial charge in [0.05, 0.1) is 6.61 Å². The van der Waals surface area contributed by atoms with Crippen molar-refractivity contribution in [2.45, 2.75) is 83.3 Å². The lowest BCUT2D eigenvalue weighted by atomic mass is 9.91. The molecule has 2 aliphatic carbocycles. The number of hydrogen-bond donors (Lipinski definition) is 3. The first-order chi connectivity index (χ1) is 14.0. The summed E-state index contributed by atoms with van der Waals surface area (Å²) >= 11 is 0. The first kappa shape index (κ1) is 22.1. The van der Waals surface area contributed by atoms with E-state index < -0.39 is 17.2 Å². The molecule has 30 heavy (non-hydrogen) atoms. The highest BCUT2D eigenvalue weighted by molar-refractivity contribution is 5.77. The minimum Gasteiger partial charge on any atom is -0.491 e. The number of carboxylic acid groups (broad SMARTS) is 1. The highest BCUT2D eigenvalue weighted by Crippen LogP contribution is 2.50. The number of nitrogens with zero attached hydrogens (tertiary/aromatic N) is 2. The number of carbonyl (C=O) groups excluding carboxylic acids is 1. The van der Waals surface area contributed by atoms with Gasteiger partial charge in [-0.1, -0.05) is 27.7 Å². The second-order valence-corrected chi connectivity index (χ2v) is 9.47. The fourth-order valence-electron chi connectivity index (χ4n) is 4.62. The largest absolute Gasteiger partial charge is 0.491 e. The Balaban J connectivity index is 1.70. The smallest absolute Gasteiger partial charge is 0.405 e. The molecule has 1 aromatic heterocycles. The molecule has 3 rings (SSSR count). The van der Waals surface area contributed by atoms with Crippen LogP contribution in [-0.2, 0) is 11.3 Å². The number of fused-ring (bicyclic) bond motifs is 2. The van der Waals surface area contributed by atoms with Crippen LogP contribution < -0.4 is 20.9 Å². The lowest BCUT2D eigenvalue weighted by Gasteiger charge is -2.28. The van der Waals surface area contributed by atoms with Crippen molar-refractivity contribution in [3.05, 3.63) is 22.1 Å². The average molecular weight is 421 g/mol. The molecule has 0 atom stereocenters. The van der Waals surface area contributed by atoms with Crippen LogP contribution in [0.3, 0.4) is 0 Å². The number of hydrogen-bond acceptors (Lipinski definition) is 5. The highest BCUT2D eigenvalue weighted by Gasteiger charge is 2.55. The fraction of sp³-hybridized carbons (Fsp3) is 0.714. The van der Waals surface area contributed by atoms with Gasteiger partial charge in [0.15, 0.2) is 0 Å². The molecule has 2 bridgehead atoms. The molecule has 2 fully saturated rings. The van der Waals surface area contributed by atoms with Gasteiger partial charge in [0.2, 0.25) is 5.91 Å². The Bertz CT molecular complexity index is 869. The molecule has 166 valence electrons. The van der Waals surface area contributed by atoms with Crippen molar-refractivity contribution >= 4 is 12.0 Å². The van der Waals surface area contributed by atoms with Crippen molar-refractivity contribution in [1.82, 2.24) is 20.4 Å². The van der Waals surface area contributed by atoms with Crippen LogP contribution in [0, 0.1) is 5.92 Å². The van der Waals surface area contributed by atoms with E-state index in [9.17, 15) is 14.4 Å². The average Bonchev–Trinajstić information content (AvgIpc) is 3.15. The molecule has 3 N–H and O–H groups in total. The van der Waals surface area contributed by atoms with E-state index in [0.717, 1.165) is 12.8 Å². The van der Waals surface area contributed by atoms with Gasteiger partial charge in [-0.05, 0) is 38.0 Å². The van der Waals surface area contributed by atoms with Gasteiger partial charge in [0.25, 0.3) is 5.56 Å². The highest BCUT2D eigenvalue weighted by atomic mass is 16.5. The van der Waals surface area contributed by atoms with Crippen molar-refractivity contribution in [3.8, 4) is 5.75 Å². The predicted octanol–water partition coefficient (Wildman–Crippen LogP) is 2.24. The molecule has 0 spiro atoms. The van der Waals surface area contributed by atoms with Crippen LogP contribution in [0.25, 0.3) is 0 Å². The predicted molar refractivity (Wildman–Crippen MR) is 111 cm³/mol. The van der Waals surface area contributed by atoms with Crippen LogP contribution in [-0.4, -0.2) is 44.6 Å². The molecule has 1 heterocycles. The number of nitrogens with one attached hydrogen (secondary N) is 2. The molecule has 0 aromatic carbocycles. The van der Waals surface area contributed by atoms with Crippen LogP contribution >= 0.6 is 0 Å². The number of rotatable bonds is 8. The van der Waals surface area contributed by atoms with Crippen LogP contribution in [0.5, 0.6) is 5.75 Å². The van der Waals surface area contributed by atoms with Crippen LogP contribution in [0.1, 0.15) is 71.4 Å². The summed E-state index contributed by atoms with van der Waals surface area (Å²) in [5.74, 6) is 0.532. The second-order valence-electron chi connectivity index (χ2n) is 9.47. The number of aromatic nitrogens is 2. The van der Waals surface area contributed by atoms with Gasteiger partial charge in [-0.3, -0.25) is 9.59 Å². The molecule has 2 aliphatic rings. The second kappa shape index (κ2) is 8.28. The summed E-state index contributed by atoms with van der Waals surface area (Å²) in [6.45, 7) is 8.29. The normalized spacial score (nSPS) is 25.0. The monoisotopic (exact) mass is 420 g/mol. The Morgan fingerprint density at radius 1 is 1.17 bits per heavy atom. The van der Waals surface area contributed by atoms with Crippen LogP contribution in [0.4, 0.5) is 4.79 Å². The molecular formula is C21H32N4O5. The SMILES string of the molecule is CC(C)COc1cc(=O)n(CC(=O)NC23CCC(NC(=O)O)(CC2)C3)nc1C(C)C. The molecule has 9 heteroatoms. The summed E-state index contributed by atoms with van der Waals surface area (Å²) in [4.78, 5) is 36.3. The van der Waals surface area contributed by atoms with Crippen LogP contribution in [0.2, 0.25) is 0 Å². The first-order valence-corrected chi connectivity index (χ1v) is 10.6. The maximum atomic E-state index is 12.7. The lowest BCUT2D eigenvalue weighted by Crippen LogP contribution is -2.47. The third kappa shape index (κ3) is 4.76. The van der Waals surface area contributed by atoms with Gasteiger partial charge >= 0.3 is 6.09 Å². The Kier molecular flexibility index (Phi) is 6.10. The Morgan fingerprint density at radius 2 is 1.77 bits per heavy atom. The van der Waals surface area contributed by atoms with Crippen molar-refractivity contribution in [2.75, 3.05) is 6.61 Å². The molecule has 0 radical (unpaired) electrons. The maximum Gasteiger partial charge on any atom is 0.405 e.